The minimum absolute atomic E-state index is 0.0627. The van der Waals surface area contributed by atoms with E-state index in [1.54, 1.807) is 25.3 Å². The fourth-order valence-electron chi connectivity index (χ4n) is 2.21. The molecule has 0 unspecified atom stereocenters. The maximum atomic E-state index is 12.0. The molecule has 1 N–H and O–H groups in total. The molecule has 0 saturated carbocycles. The molecule has 3 aromatic rings. The van der Waals surface area contributed by atoms with Crippen molar-refractivity contribution in [3.63, 3.8) is 0 Å². The Bertz CT molecular complexity index is 858. The number of fused-ring (bicyclic) bond motifs is 1. The van der Waals surface area contributed by atoms with Gasteiger partial charge in [0.25, 0.3) is 0 Å². The molecular formula is C18H14O4. The van der Waals surface area contributed by atoms with Gasteiger partial charge in [0.05, 0.1) is 7.11 Å². The number of carbonyl (C=O) groups is 1. The summed E-state index contributed by atoms with van der Waals surface area (Å²) in [5, 5.41) is 10.3. The number of aromatic hydroxyl groups is 1. The monoisotopic (exact) mass is 294 g/mol. The molecule has 1 aromatic heterocycles. The summed E-state index contributed by atoms with van der Waals surface area (Å²) in [7, 11) is 1.58. The van der Waals surface area contributed by atoms with Crippen molar-refractivity contribution in [2.45, 2.75) is 0 Å². The van der Waals surface area contributed by atoms with E-state index in [0.29, 0.717) is 22.7 Å². The summed E-state index contributed by atoms with van der Waals surface area (Å²) in [5.74, 6) is 1.07. The zero-order chi connectivity index (χ0) is 15.5. The van der Waals surface area contributed by atoms with Crippen molar-refractivity contribution >= 4 is 22.8 Å². The van der Waals surface area contributed by atoms with Crippen LogP contribution in [0.15, 0.2) is 59.0 Å². The Labute approximate surface area is 127 Å². The quantitative estimate of drug-likeness (QED) is 0.582. The zero-order valence-corrected chi connectivity index (χ0v) is 11.9. The van der Waals surface area contributed by atoms with Crippen LogP contribution in [0.1, 0.15) is 16.1 Å². The van der Waals surface area contributed by atoms with Crippen molar-refractivity contribution in [1.29, 1.82) is 0 Å². The van der Waals surface area contributed by atoms with Gasteiger partial charge in [0, 0.05) is 10.9 Å². The van der Waals surface area contributed by atoms with Gasteiger partial charge in [-0.25, -0.2) is 0 Å². The summed E-state index contributed by atoms with van der Waals surface area (Å²) in [6.45, 7) is 0. The number of furan rings is 1. The number of hydrogen-bond donors (Lipinski definition) is 1. The molecule has 2 aromatic carbocycles. The second-order valence-electron chi connectivity index (χ2n) is 4.78. The molecule has 4 nitrogen and oxygen atoms in total. The zero-order valence-electron chi connectivity index (χ0n) is 11.9. The van der Waals surface area contributed by atoms with Gasteiger partial charge in [0.1, 0.15) is 11.5 Å². The van der Waals surface area contributed by atoms with Crippen LogP contribution in [0.25, 0.3) is 17.0 Å². The molecule has 0 bridgehead atoms. The van der Waals surface area contributed by atoms with E-state index in [9.17, 15) is 9.90 Å². The Balaban J connectivity index is 1.88. The van der Waals surface area contributed by atoms with Gasteiger partial charge < -0.3 is 14.3 Å². The Morgan fingerprint density at radius 3 is 2.77 bits per heavy atom. The van der Waals surface area contributed by atoms with Crippen molar-refractivity contribution in [3.05, 3.63) is 65.9 Å². The second-order valence-corrected chi connectivity index (χ2v) is 4.78. The lowest BCUT2D eigenvalue weighted by Crippen LogP contribution is -1.92. The van der Waals surface area contributed by atoms with E-state index in [-0.39, 0.29) is 11.5 Å². The number of para-hydroxylation sites is 1. The summed E-state index contributed by atoms with van der Waals surface area (Å²) in [4.78, 5) is 12.0. The largest absolute Gasteiger partial charge is 0.508 e. The van der Waals surface area contributed by atoms with Crippen molar-refractivity contribution in [2.75, 3.05) is 7.11 Å². The molecule has 0 aliphatic carbocycles. The number of methoxy groups -OCH3 is 1. The third kappa shape index (κ3) is 2.72. The molecule has 0 amide bonds. The van der Waals surface area contributed by atoms with Gasteiger partial charge in [0.15, 0.2) is 17.1 Å². The third-order valence-corrected chi connectivity index (χ3v) is 3.28. The highest BCUT2D eigenvalue weighted by atomic mass is 16.5. The first-order valence-electron chi connectivity index (χ1n) is 6.75. The van der Waals surface area contributed by atoms with Crippen molar-refractivity contribution in [3.8, 4) is 11.5 Å². The molecule has 0 aliphatic heterocycles. The molecule has 0 atom stereocenters. The standard InChI is InChI=1S/C18H14O4/c1-21-17-7-3-5-13-11-15(22-18(13)17)8-9-16(20)12-4-2-6-14(19)10-12/h2-11,19H,1H3/b9-8+. The summed E-state index contributed by atoms with van der Waals surface area (Å²) in [6, 6.07) is 13.7. The van der Waals surface area contributed by atoms with Crippen molar-refractivity contribution in [2.24, 2.45) is 0 Å². The van der Waals surface area contributed by atoms with Gasteiger partial charge in [-0.2, -0.15) is 0 Å². The molecule has 3 rings (SSSR count). The van der Waals surface area contributed by atoms with Gasteiger partial charge >= 0.3 is 0 Å². The molecule has 1 heterocycles. The van der Waals surface area contributed by atoms with Crippen LogP contribution in [-0.4, -0.2) is 18.0 Å². The number of rotatable bonds is 4. The van der Waals surface area contributed by atoms with Crippen molar-refractivity contribution < 1.29 is 19.1 Å². The Kier molecular flexibility index (Phi) is 3.66. The van der Waals surface area contributed by atoms with Crippen LogP contribution < -0.4 is 4.74 Å². The van der Waals surface area contributed by atoms with Crippen LogP contribution in [-0.2, 0) is 0 Å². The maximum absolute atomic E-state index is 12.0. The maximum Gasteiger partial charge on any atom is 0.186 e. The first kappa shape index (κ1) is 13.9. The fourth-order valence-corrected chi connectivity index (χ4v) is 2.21. The Morgan fingerprint density at radius 2 is 2.00 bits per heavy atom. The molecular weight excluding hydrogens is 280 g/mol. The van der Waals surface area contributed by atoms with E-state index < -0.39 is 0 Å². The molecule has 0 spiro atoms. The number of ketones is 1. The van der Waals surface area contributed by atoms with E-state index >= 15 is 0 Å². The number of allylic oxidation sites excluding steroid dienone is 1. The summed E-state index contributed by atoms with van der Waals surface area (Å²) < 4.78 is 10.9. The number of ether oxygens (including phenoxy) is 1. The van der Waals surface area contributed by atoms with Crippen LogP contribution in [0, 0.1) is 0 Å². The van der Waals surface area contributed by atoms with Crippen LogP contribution in [0.5, 0.6) is 11.5 Å². The van der Waals surface area contributed by atoms with Gasteiger partial charge in [-0.3, -0.25) is 4.79 Å². The molecule has 0 aliphatic rings. The van der Waals surface area contributed by atoms with Gasteiger partial charge in [-0.15, -0.1) is 0 Å². The van der Waals surface area contributed by atoms with Crippen LogP contribution in [0.3, 0.4) is 0 Å². The van der Waals surface area contributed by atoms with Gasteiger partial charge in [-0.05, 0) is 36.4 Å². The molecule has 0 radical (unpaired) electrons. The normalized spacial score (nSPS) is 11.1. The summed E-state index contributed by atoms with van der Waals surface area (Å²) >= 11 is 0. The highest BCUT2D eigenvalue weighted by Crippen LogP contribution is 2.29. The molecule has 0 fully saturated rings. The number of phenols is 1. The number of hydrogen-bond acceptors (Lipinski definition) is 4. The SMILES string of the molecule is COc1cccc2cc(/C=C/C(=O)c3cccc(O)c3)oc12. The van der Waals surface area contributed by atoms with E-state index in [1.165, 1.54) is 18.2 Å². The average molecular weight is 294 g/mol. The topological polar surface area (TPSA) is 59.7 Å². The predicted octanol–water partition coefficient (Wildman–Crippen LogP) is 4.04. The smallest absolute Gasteiger partial charge is 0.186 e. The summed E-state index contributed by atoms with van der Waals surface area (Å²) in [5.41, 5.74) is 1.07. The highest BCUT2D eigenvalue weighted by Gasteiger charge is 2.07. The molecule has 4 heteroatoms. The van der Waals surface area contributed by atoms with E-state index in [2.05, 4.69) is 0 Å². The van der Waals surface area contributed by atoms with Crippen molar-refractivity contribution in [1.82, 2.24) is 0 Å². The van der Waals surface area contributed by atoms with Crippen LogP contribution in [0.2, 0.25) is 0 Å². The van der Waals surface area contributed by atoms with E-state index in [1.807, 2.05) is 24.3 Å². The average Bonchev–Trinajstić information content (AvgIpc) is 2.95. The minimum atomic E-state index is -0.205. The predicted molar refractivity (Wildman–Crippen MR) is 84.2 cm³/mol. The van der Waals surface area contributed by atoms with Crippen LogP contribution in [0.4, 0.5) is 0 Å². The lowest BCUT2D eigenvalue weighted by atomic mass is 10.1. The number of phenolic OH excluding ortho intramolecular Hbond substituents is 1. The number of benzene rings is 2. The number of carbonyl (C=O) groups excluding carboxylic acids is 1. The third-order valence-electron chi connectivity index (χ3n) is 3.28. The van der Waals surface area contributed by atoms with Gasteiger partial charge in [-0.1, -0.05) is 24.3 Å². The Hall–Kier alpha value is -3.01. The lowest BCUT2D eigenvalue weighted by molar-refractivity contribution is 0.104. The minimum Gasteiger partial charge on any atom is -0.508 e. The van der Waals surface area contributed by atoms with E-state index in [4.69, 9.17) is 9.15 Å². The second kappa shape index (κ2) is 5.77. The fraction of sp³-hybridized carbons (Fsp3) is 0.0556. The molecule has 22 heavy (non-hydrogen) atoms. The highest BCUT2D eigenvalue weighted by molar-refractivity contribution is 6.07. The Morgan fingerprint density at radius 1 is 1.18 bits per heavy atom. The summed E-state index contributed by atoms with van der Waals surface area (Å²) in [6.07, 6.45) is 3.02. The van der Waals surface area contributed by atoms with Gasteiger partial charge in [0.2, 0.25) is 0 Å². The molecule has 110 valence electrons. The van der Waals surface area contributed by atoms with E-state index in [0.717, 1.165) is 5.39 Å². The van der Waals surface area contributed by atoms with Crippen LogP contribution >= 0.6 is 0 Å². The lowest BCUT2D eigenvalue weighted by Gasteiger charge is -1.98. The first-order valence-corrected chi connectivity index (χ1v) is 6.75. The first-order chi connectivity index (χ1) is 10.7. The molecule has 0 saturated heterocycles.